The summed E-state index contributed by atoms with van der Waals surface area (Å²) in [4.78, 5) is 6.56. The van der Waals surface area contributed by atoms with Gasteiger partial charge in [0.15, 0.2) is 0 Å². The Morgan fingerprint density at radius 1 is 1.33 bits per heavy atom. The van der Waals surface area contributed by atoms with Gasteiger partial charge < -0.3 is 10.3 Å². The second kappa shape index (κ2) is 5.28. The van der Waals surface area contributed by atoms with Crippen molar-refractivity contribution in [2.24, 2.45) is 5.73 Å². The molecule has 2 heterocycles. The van der Waals surface area contributed by atoms with E-state index >= 15 is 0 Å². The number of likely N-dealkylation sites (tertiary alicyclic amines) is 1. The van der Waals surface area contributed by atoms with Crippen LogP contribution in [0.2, 0.25) is 0 Å². The summed E-state index contributed by atoms with van der Waals surface area (Å²) in [7, 11) is 0. The molecule has 1 aromatic heterocycles. The fraction of sp³-hybridized carbons (Fsp3) is 0.727. The molecular weight excluding hydrogens is 188 g/mol. The highest BCUT2D eigenvalue weighted by Crippen LogP contribution is 2.15. The Morgan fingerprint density at radius 3 is 3.00 bits per heavy atom. The SMILES string of the molecule is NC[C@H]1CCCCN1CCn1ccnc1. The third-order valence-corrected chi connectivity index (χ3v) is 3.23. The first-order chi connectivity index (χ1) is 7.40. The number of nitrogens with zero attached hydrogens (tertiary/aromatic N) is 3. The maximum atomic E-state index is 5.78. The van der Waals surface area contributed by atoms with Crippen LogP contribution in [0, 0.1) is 0 Å². The number of aromatic nitrogens is 2. The highest BCUT2D eigenvalue weighted by Gasteiger charge is 2.20. The van der Waals surface area contributed by atoms with E-state index in [9.17, 15) is 0 Å². The predicted molar refractivity (Wildman–Crippen MR) is 60.5 cm³/mol. The Bertz CT molecular complexity index is 270. The van der Waals surface area contributed by atoms with Crippen LogP contribution in [-0.4, -0.2) is 40.1 Å². The van der Waals surface area contributed by atoms with Crippen LogP contribution in [0.3, 0.4) is 0 Å². The monoisotopic (exact) mass is 208 g/mol. The van der Waals surface area contributed by atoms with E-state index in [4.69, 9.17) is 5.73 Å². The fourth-order valence-corrected chi connectivity index (χ4v) is 2.28. The van der Waals surface area contributed by atoms with Crippen molar-refractivity contribution in [2.45, 2.75) is 31.8 Å². The average molecular weight is 208 g/mol. The van der Waals surface area contributed by atoms with Crippen molar-refractivity contribution in [1.82, 2.24) is 14.5 Å². The molecule has 2 N–H and O–H groups in total. The van der Waals surface area contributed by atoms with Crippen LogP contribution >= 0.6 is 0 Å². The summed E-state index contributed by atoms with van der Waals surface area (Å²) < 4.78 is 2.13. The largest absolute Gasteiger partial charge is 0.336 e. The molecule has 1 saturated heterocycles. The molecular formula is C11H20N4. The molecule has 1 aromatic rings. The lowest BCUT2D eigenvalue weighted by molar-refractivity contribution is 0.147. The first kappa shape index (κ1) is 10.6. The second-order valence-electron chi connectivity index (χ2n) is 4.22. The maximum absolute atomic E-state index is 5.78. The quantitative estimate of drug-likeness (QED) is 0.792. The van der Waals surface area contributed by atoms with E-state index < -0.39 is 0 Å². The molecule has 0 saturated carbocycles. The van der Waals surface area contributed by atoms with Crippen molar-refractivity contribution in [3.63, 3.8) is 0 Å². The molecule has 1 fully saturated rings. The molecule has 4 heteroatoms. The van der Waals surface area contributed by atoms with Gasteiger partial charge in [0, 0.05) is 38.1 Å². The van der Waals surface area contributed by atoms with E-state index in [1.807, 2.05) is 18.7 Å². The molecule has 0 radical (unpaired) electrons. The molecule has 0 aliphatic carbocycles. The molecule has 0 spiro atoms. The molecule has 4 nitrogen and oxygen atoms in total. The summed E-state index contributed by atoms with van der Waals surface area (Å²) in [5.41, 5.74) is 5.78. The molecule has 0 amide bonds. The number of hydrogen-bond acceptors (Lipinski definition) is 3. The van der Waals surface area contributed by atoms with Crippen LogP contribution in [0.5, 0.6) is 0 Å². The van der Waals surface area contributed by atoms with E-state index in [0.29, 0.717) is 6.04 Å². The molecule has 0 unspecified atom stereocenters. The van der Waals surface area contributed by atoms with Gasteiger partial charge in [0.25, 0.3) is 0 Å². The smallest absolute Gasteiger partial charge is 0.0946 e. The predicted octanol–water partition coefficient (Wildman–Crippen LogP) is 0.696. The Hall–Kier alpha value is -0.870. The second-order valence-corrected chi connectivity index (χ2v) is 4.22. The minimum absolute atomic E-state index is 0.599. The maximum Gasteiger partial charge on any atom is 0.0946 e. The van der Waals surface area contributed by atoms with E-state index in [1.165, 1.54) is 25.8 Å². The normalized spacial score (nSPS) is 23.1. The fourth-order valence-electron chi connectivity index (χ4n) is 2.28. The Morgan fingerprint density at radius 2 is 2.27 bits per heavy atom. The number of nitrogens with two attached hydrogens (primary N) is 1. The number of piperidine rings is 1. The van der Waals surface area contributed by atoms with Gasteiger partial charge >= 0.3 is 0 Å². The summed E-state index contributed by atoms with van der Waals surface area (Å²) in [6.45, 7) is 4.12. The van der Waals surface area contributed by atoms with Crippen molar-refractivity contribution in [3.8, 4) is 0 Å². The lowest BCUT2D eigenvalue weighted by atomic mass is 10.0. The highest BCUT2D eigenvalue weighted by atomic mass is 15.2. The topological polar surface area (TPSA) is 47.1 Å². The Labute approximate surface area is 91.1 Å². The third-order valence-electron chi connectivity index (χ3n) is 3.23. The van der Waals surface area contributed by atoms with E-state index in [1.54, 1.807) is 0 Å². The summed E-state index contributed by atoms with van der Waals surface area (Å²) >= 11 is 0. The van der Waals surface area contributed by atoms with Gasteiger partial charge in [-0.3, -0.25) is 4.90 Å². The zero-order valence-electron chi connectivity index (χ0n) is 9.18. The van der Waals surface area contributed by atoms with E-state index in [0.717, 1.165) is 19.6 Å². The van der Waals surface area contributed by atoms with Gasteiger partial charge in [-0.15, -0.1) is 0 Å². The molecule has 0 bridgehead atoms. The summed E-state index contributed by atoms with van der Waals surface area (Å²) in [5, 5.41) is 0. The first-order valence-corrected chi connectivity index (χ1v) is 5.80. The van der Waals surface area contributed by atoms with Crippen molar-refractivity contribution in [1.29, 1.82) is 0 Å². The molecule has 1 atom stereocenters. The third kappa shape index (κ3) is 2.79. The van der Waals surface area contributed by atoms with Crippen molar-refractivity contribution < 1.29 is 0 Å². The van der Waals surface area contributed by atoms with Gasteiger partial charge in [-0.1, -0.05) is 6.42 Å². The van der Waals surface area contributed by atoms with Crippen LogP contribution in [0.25, 0.3) is 0 Å². The Balaban J connectivity index is 1.81. The van der Waals surface area contributed by atoms with Gasteiger partial charge in [-0.25, -0.2) is 4.98 Å². The average Bonchev–Trinajstić information content (AvgIpc) is 2.79. The van der Waals surface area contributed by atoms with Crippen molar-refractivity contribution in [2.75, 3.05) is 19.6 Å². The Kier molecular flexibility index (Phi) is 3.75. The lowest BCUT2D eigenvalue weighted by Crippen LogP contribution is -2.45. The zero-order chi connectivity index (χ0) is 10.5. The van der Waals surface area contributed by atoms with Gasteiger partial charge in [0.1, 0.15) is 0 Å². The van der Waals surface area contributed by atoms with Crippen LogP contribution in [0.4, 0.5) is 0 Å². The zero-order valence-corrected chi connectivity index (χ0v) is 9.18. The van der Waals surface area contributed by atoms with Crippen LogP contribution in [-0.2, 0) is 6.54 Å². The van der Waals surface area contributed by atoms with Crippen LogP contribution in [0.1, 0.15) is 19.3 Å². The van der Waals surface area contributed by atoms with Gasteiger partial charge in [0.2, 0.25) is 0 Å². The number of hydrogen-bond donors (Lipinski definition) is 1. The number of rotatable bonds is 4. The highest BCUT2D eigenvalue weighted by molar-refractivity contribution is 4.79. The lowest BCUT2D eigenvalue weighted by Gasteiger charge is -2.34. The molecule has 0 aromatic carbocycles. The standard InChI is InChI=1S/C11H20N4/c12-9-11-3-1-2-5-15(11)8-7-14-6-4-13-10-14/h4,6,10-11H,1-3,5,7-9,12H2/t11-/m1/s1. The molecule has 1 aliphatic heterocycles. The van der Waals surface area contributed by atoms with Crippen molar-refractivity contribution >= 4 is 0 Å². The summed E-state index contributed by atoms with van der Waals surface area (Å²) in [5.74, 6) is 0. The van der Waals surface area contributed by atoms with Crippen LogP contribution < -0.4 is 5.73 Å². The van der Waals surface area contributed by atoms with E-state index in [2.05, 4.69) is 14.5 Å². The summed E-state index contributed by atoms with van der Waals surface area (Å²) in [6.07, 6.45) is 9.64. The van der Waals surface area contributed by atoms with E-state index in [-0.39, 0.29) is 0 Å². The van der Waals surface area contributed by atoms with Gasteiger partial charge in [-0.05, 0) is 19.4 Å². The van der Waals surface area contributed by atoms with Crippen LogP contribution in [0.15, 0.2) is 18.7 Å². The molecule has 84 valence electrons. The minimum atomic E-state index is 0.599. The number of imidazole rings is 1. The van der Waals surface area contributed by atoms with Gasteiger partial charge in [0.05, 0.1) is 6.33 Å². The minimum Gasteiger partial charge on any atom is -0.336 e. The van der Waals surface area contributed by atoms with Crippen molar-refractivity contribution in [3.05, 3.63) is 18.7 Å². The van der Waals surface area contributed by atoms with Gasteiger partial charge in [-0.2, -0.15) is 0 Å². The molecule has 15 heavy (non-hydrogen) atoms. The summed E-state index contributed by atoms with van der Waals surface area (Å²) in [6, 6.07) is 0.599. The molecule has 2 rings (SSSR count). The molecule has 1 aliphatic rings. The first-order valence-electron chi connectivity index (χ1n) is 5.80.